The summed E-state index contributed by atoms with van der Waals surface area (Å²) in [6, 6.07) is -0.209. The Kier molecular flexibility index (Phi) is 3.78. The maximum Gasteiger partial charge on any atom is 0.256 e. The van der Waals surface area contributed by atoms with Crippen LogP contribution in [0.25, 0.3) is 0 Å². The maximum absolute atomic E-state index is 11.8. The first kappa shape index (κ1) is 12.1. The minimum Gasteiger partial charge on any atom is -0.322 e. The molecule has 94 valence electrons. The Morgan fingerprint density at radius 2 is 2.35 bits per heavy atom. The Morgan fingerprint density at radius 1 is 1.59 bits per heavy atom. The minimum atomic E-state index is -0.209. The Hall–Kier alpha value is -1.36. The highest BCUT2D eigenvalue weighted by Crippen LogP contribution is 2.25. The summed E-state index contributed by atoms with van der Waals surface area (Å²) in [4.78, 5) is 16.2. The van der Waals surface area contributed by atoms with Crippen molar-refractivity contribution in [3.05, 3.63) is 17.7 Å². The van der Waals surface area contributed by atoms with Crippen molar-refractivity contribution in [2.45, 2.75) is 51.5 Å². The lowest BCUT2D eigenvalue weighted by Gasteiger charge is -2.21. The fraction of sp³-hybridized carbons (Fsp3) is 0.667. The fourth-order valence-corrected chi connectivity index (χ4v) is 2.53. The van der Waals surface area contributed by atoms with Gasteiger partial charge in [0.25, 0.3) is 5.91 Å². The van der Waals surface area contributed by atoms with Crippen LogP contribution in [0.1, 0.15) is 50.0 Å². The molecule has 0 bridgehead atoms. The van der Waals surface area contributed by atoms with E-state index in [0.29, 0.717) is 0 Å². The van der Waals surface area contributed by atoms with Gasteiger partial charge in [-0.2, -0.15) is 0 Å². The quantitative estimate of drug-likeness (QED) is 0.467. The second-order valence-electron chi connectivity index (χ2n) is 4.57. The standard InChI is InChI=1S/C12H20N4O/c1-2-5-11(12(17)15-13)16-8-14-9-6-3-4-7-10(9)16/h8,11H,2-7,13H2,1H3,(H,15,17). The summed E-state index contributed by atoms with van der Waals surface area (Å²) in [5.41, 5.74) is 4.63. The Balaban J connectivity index is 2.29. The number of hydrogen-bond acceptors (Lipinski definition) is 3. The predicted molar refractivity (Wildman–Crippen MR) is 65.1 cm³/mol. The third-order valence-corrected chi connectivity index (χ3v) is 3.40. The summed E-state index contributed by atoms with van der Waals surface area (Å²) in [5, 5.41) is 0. The fourth-order valence-electron chi connectivity index (χ4n) is 2.53. The van der Waals surface area contributed by atoms with E-state index in [4.69, 9.17) is 5.84 Å². The first-order valence-corrected chi connectivity index (χ1v) is 6.33. The average molecular weight is 236 g/mol. The number of nitrogens with one attached hydrogen (secondary N) is 1. The molecular weight excluding hydrogens is 216 g/mol. The zero-order valence-electron chi connectivity index (χ0n) is 10.3. The number of hydrazine groups is 1. The molecule has 1 atom stereocenters. The van der Waals surface area contributed by atoms with Crippen molar-refractivity contribution < 1.29 is 4.79 Å². The number of rotatable bonds is 4. The highest BCUT2D eigenvalue weighted by molar-refractivity contribution is 5.79. The van der Waals surface area contributed by atoms with Gasteiger partial charge in [0.15, 0.2) is 0 Å². The van der Waals surface area contributed by atoms with E-state index in [1.807, 2.05) is 4.57 Å². The van der Waals surface area contributed by atoms with Crippen molar-refractivity contribution in [2.24, 2.45) is 5.84 Å². The van der Waals surface area contributed by atoms with Crippen molar-refractivity contribution in [1.82, 2.24) is 15.0 Å². The number of imidazole rings is 1. The molecule has 0 aromatic carbocycles. The van der Waals surface area contributed by atoms with Gasteiger partial charge in [0, 0.05) is 5.69 Å². The van der Waals surface area contributed by atoms with Crippen molar-refractivity contribution in [3.8, 4) is 0 Å². The van der Waals surface area contributed by atoms with Crippen molar-refractivity contribution in [2.75, 3.05) is 0 Å². The Labute approximate surface area is 101 Å². The van der Waals surface area contributed by atoms with E-state index < -0.39 is 0 Å². The molecule has 0 spiro atoms. The second kappa shape index (κ2) is 5.31. The van der Waals surface area contributed by atoms with Crippen molar-refractivity contribution in [1.29, 1.82) is 0 Å². The number of hydrogen-bond donors (Lipinski definition) is 2. The molecule has 1 heterocycles. The molecule has 1 aliphatic carbocycles. The zero-order valence-corrected chi connectivity index (χ0v) is 10.3. The van der Waals surface area contributed by atoms with Crippen LogP contribution in [0.4, 0.5) is 0 Å². The molecule has 17 heavy (non-hydrogen) atoms. The van der Waals surface area contributed by atoms with Crippen LogP contribution in [0.3, 0.4) is 0 Å². The maximum atomic E-state index is 11.8. The molecule has 0 saturated heterocycles. The number of carbonyl (C=O) groups is 1. The molecule has 5 heteroatoms. The summed E-state index contributed by atoms with van der Waals surface area (Å²) < 4.78 is 2.01. The zero-order chi connectivity index (χ0) is 12.3. The van der Waals surface area contributed by atoms with Crippen molar-refractivity contribution >= 4 is 5.91 Å². The summed E-state index contributed by atoms with van der Waals surface area (Å²) in [6.07, 6.45) is 7.98. The van der Waals surface area contributed by atoms with E-state index in [1.54, 1.807) is 6.33 Å². The molecule has 1 aromatic rings. The van der Waals surface area contributed by atoms with Crippen LogP contribution in [-0.2, 0) is 17.6 Å². The number of nitrogens with two attached hydrogens (primary N) is 1. The molecule has 1 amide bonds. The normalized spacial score (nSPS) is 16.4. The van der Waals surface area contributed by atoms with E-state index in [-0.39, 0.29) is 11.9 Å². The smallest absolute Gasteiger partial charge is 0.256 e. The molecule has 2 rings (SSSR count). The predicted octanol–water partition coefficient (Wildman–Crippen LogP) is 1.09. The molecule has 3 N–H and O–H groups in total. The Morgan fingerprint density at radius 3 is 3.06 bits per heavy atom. The number of aryl methyl sites for hydroxylation is 1. The lowest BCUT2D eigenvalue weighted by Crippen LogP contribution is -2.37. The monoisotopic (exact) mass is 236 g/mol. The van der Waals surface area contributed by atoms with Crippen LogP contribution in [0.5, 0.6) is 0 Å². The van der Waals surface area contributed by atoms with Crippen LogP contribution in [0, 0.1) is 0 Å². The van der Waals surface area contributed by atoms with E-state index in [0.717, 1.165) is 31.4 Å². The van der Waals surface area contributed by atoms with Crippen LogP contribution < -0.4 is 11.3 Å². The third-order valence-electron chi connectivity index (χ3n) is 3.40. The Bertz CT molecular complexity index is 399. The molecule has 1 aliphatic rings. The molecule has 0 aliphatic heterocycles. The van der Waals surface area contributed by atoms with Gasteiger partial charge >= 0.3 is 0 Å². The largest absolute Gasteiger partial charge is 0.322 e. The van der Waals surface area contributed by atoms with Gasteiger partial charge < -0.3 is 4.57 Å². The number of amides is 1. The topological polar surface area (TPSA) is 72.9 Å². The molecule has 1 unspecified atom stereocenters. The van der Waals surface area contributed by atoms with E-state index >= 15 is 0 Å². The average Bonchev–Trinajstić information content (AvgIpc) is 2.79. The molecule has 0 saturated carbocycles. The number of nitrogens with zero attached hydrogens (tertiary/aromatic N) is 2. The molecular formula is C12H20N4O. The van der Waals surface area contributed by atoms with Gasteiger partial charge in [-0.1, -0.05) is 13.3 Å². The molecule has 0 radical (unpaired) electrons. The van der Waals surface area contributed by atoms with Crippen LogP contribution >= 0.6 is 0 Å². The van der Waals surface area contributed by atoms with Gasteiger partial charge in [-0.25, -0.2) is 10.8 Å². The van der Waals surface area contributed by atoms with Gasteiger partial charge in [0.05, 0.1) is 12.0 Å². The number of carbonyl (C=O) groups excluding carboxylic acids is 1. The van der Waals surface area contributed by atoms with Gasteiger partial charge in [-0.05, 0) is 32.1 Å². The highest BCUT2D eigenvalue weighted by Gasteiger charge is 2.24. The first-order chi connectivity index (χ1) is 8.27. The van der Waals surface area contributed by atoms with E-state index in [9.17, 15) is 4.79 Å². The first-order valence-electron chi connectivity index (χ1n) is 6.33. The van der Waals surface area contributed by atoms with Crippen molar-refractivity contribution in [3.63, 3.8) is 0 Å². The minimum absolute atomic E-state index is 0.127. The van der Waals surface area contributed by atoms with Gasteiger partial charge in [-0.15, -0.1) is 0 Å². The van der Waals surface area contributed by atoms with Crippen LogP contribution in [0.2, 0.25) is 0 Å². The summed E-state index contributed by atoms with van der Waals surface area (Å²) in [6.45, 7) is 2.07. The lowest BCUT2D eigenvalue weighted by atomic mass is 10.00. The summed E-state index contributed by atoms with van der Waals surface area (Å²) >= 11 is 0. The molecule has 1 aromatic heterocycles. The van der Waals surface area contributed by atoms with Gasteiger partial charge in [0.2, 0.25) is 0 Å². The van der Waals surface area contributed by atoms with Gasteiger partial charge in [0.1, 0.15) is 6.04 Å². The summed E-state index contributed by atoms with van der Waals surface area (Å²) in [7, 11) is 0. The number of aromatic nitrogens is 2. The highest BCUT2D eigenvalue weighted by atomic mass is 16.2. The molecule has 5 nitrogen and oxygen atoms in total. The van der Waals surface area contributed by atoms with Gasteiger partial charge in [-0.3, -0.25) is 10.2 Å². The van der Waals surface area contributed by atoms with Crippen LogP contribution in [-0.4, -0.2) is 15.5 Å². The van der Waals surface area contributed by atoms with E-state index in [2.05, 4.69) is 17.3 Å². The molecule has 0 fully saturated rings. The lowest BCUT2D eigenvalue weighted by molar-refractivity contribution is -0.124. The van der Waals surface area contributed by atoms with E-state index in [1.165, 1.54) is 18.5 Å². The summed E-state index contributed by atoms with van der Waals surface area (Å²) in [5.74, 6) is 5.12. The van der Waals surface area contributed by atoms with Crippen LogP contribution in [0.15, 0.2) is 6.33 Å². The third kappa shape index (κ3) is 2.34. The number of fused-ring (bicyclic) bond motifs is 1. The second-order valence-corrected chi connectivity index (χ2v) is 4.57. The SMILES string of the molecule is CCCC(C(=O)NN)n1cnc2c1CCCC2.